The van der Waals surface area contributed by atoms with E-state index in [1.165, 1.54) is 7.11 Å². The van der Waals surface area contributed by atoms with Crippen LogP contribution < -0.4 is 0 Å². The second-order valence-corrected chi connectivity index (χ2v) is 7.35. The minimum Gasteiger partial charge on any atom is -0.332 e. The summed E-state index contributed by atoms with van der Waals surface area (Å²) in [6, 6.07) is 0.477. The normalized spacial score (nSPS) is 14.9. The van der Waals surface area contributed by atoms with E-state index >= 15 is 0 Å². The minimum atomic E-state index is -2.23. The Morgan fingerprint density at radius 1 is 1.19 bits per heavy atom. The van der Waals surface area contributed by atoms with Crippen LogP contribution in [-0.2, 0) is 13.9 Å². The molecule has 0 aliphatic carbocycles. The fourth-order valence-electron chi connectivity index (χ4n) is 0.949. The minimum absolute atomic E-state index is 0.459. The maximum absolute atomic E-state index is 11.2. The van der Waals surface area contributed by atoms with Gasteiger partial charge in [-0.15, -0.1) is 0 Å². The molecular formula is C11H28NO3P. The zero-order chi connectivity index (χ0) is 13.4. The van der Waals surface area contributed by atoms with E-state index in [4.69, 9.17) is 9.36 Å². The Hall–Kier alpha value is 0.110. The first-order valence-electron chi connectivity index (χ1n) is 5.55. The van der Waals surface area contributed by atoms with Gasteiger partial charge in [-0.25, -0.2) is 0 Å². The third kappa shape index (κ3) is 12.2. The van der Waals surface area contributed by atoms with Gasteiger partial charge in [0.25, 0.3) is 0 Å². The van der Waals surface area contributed by atoms with Crippen molar-refractivity contribution in [3.63, 3.8) is 0 Å². The van der Waals surface area contributed by atoms with Crippen molar-refractivity contribution in [1.82, 2.24) is 5.06 Å². The van der Waals surface area contributed by atoms with Crippen LogP contribution in [0.2, 0.25) is 0 Å². The van der Waals surface area contributed by atoms with Crippen molar-refractivity contribution in [3.05, 3.63) is 0 Å². The van der Waals surface area contributed by atoms with Crippen LogP contribution in [0, 0.1) is 5.92 Å². The summed E-state index contributed by atoms with van der Waals surface area (Å²) in [5.74, 6) is 0.459. The van der Waals surface area contributed by atoms with E-state index < -0.39 is 7.37 Å². The first-order valence-corrected chi connectivity index (χ1v) is 7.81. The van der Waals surface area contributed by atoms with Gasteiger partial charge < -0.3 is 9.36 Å². The van der Waals surface area contributed by atoms with Crippen LogP contribution in [0.5, 0.6) is 0 Å². The molecular weight excluding hydrogens is 225 g/mol. The maximum atomic E-state index is 11.2. The first kappa shape index (κ1) is 18.5. The second kappa shape index (κ2) is 9.17. The van der Waals surface area contributed by atoms with Crippen molar-refractivity contribution in [2.75, 3.05) is 34.1 Å². The summed E-state index contributed by atoms with van der Waals surface area (Å²) < 4.78 is 16.0. The summed E-state index contributed by atoms with van der Waals surface area (Å²) in [4.78, 5) is 4.84. The van der Waals surface area contributed by atoms with Gasteiger partial charge >= 0.3 is 0 Å². The molecule has 0 saturated heterocycles. The van der Waals surface area contributed by atoms with Gasteiger partial charge in [-0.1, -0.05) is 13.8 Å². The van der Waals surface area contributed by atoms with Gasteiger partial charge in [0.05, 0.1) is 7.11 Å². The SMILES string of the molecule is CON(C)C(C)C.COP(C)(=O)CC(C)C. The summed E-state index contributed by atoms with van der Waals surface area (Å²) in [7, 11) is 2.85. The second-order valence-electron chi connectivity index (χ2n) is 4.60. The summed E-state index contributed by atoms with van der Waals surface area (Å²) >= 11 is 0. The number of hydrogen-bond donors (Lipinski definition) is 0. The Balaban J connectivity index is 0. The quantitative estimate of drug-likeness (QED) is 0.557. The molecule has 4 nitrogen and oxygen atoms in total. The van der Waals surface area contributed by atoms with E-state index in [-0.39, 0.29) is 0 Å². The van der Waals surface area contributed by atoms with Crippen molar-refractivity contribution in [2.24, 2.45) is 5.92 Å². The van der Waals surface area contributed by atoms with Gasteiger partial charge in [0.1, 0.15) is 0 Å². The number of hydroxylamine groups is 2. The Labute approximate surface area is 101 Å². The molecule has 16 heavy (non-hydrogen) atoms. The summed E-state index contributed by atoms with van der Waals surface area (Å²) in [5, 5.41) is 1.79. The molecule has 0 aromatic rings. The lowest BCUT2D eigenvalue weighted by Crippen LogP contribution is -2.24. The van der Waals surface area contributed by atoms with Crippen molar-refractivity contribution in [1.29, 1.82) is 0 Å². The molecule has 0 N–H and O–H groups in total. The molecule has 5 heteroatoms. The van der Waals surface area contributed by atoms with E-state index in [1.54, 1.807) is 18.8 Å². The lowest BCUT2D eigenvalue weighted by Gasteiger charge is -2.16. The van der Waals surface area contributed by atoms with Crippen LogP contribution in [0.15, 0.2) is 0 Å². The van der Waals surface area contributed by atoms with E-state index in [9.17, 15) is 4.57 Å². The lowest BCUT2D eigenvalue weighted by atomic mass is 10.3. The van der Waals surface area contributed by atoms with E-state index in [1.807, 2.05) is 20.9 Å². The Morgan fingerprint density at radius 2 is 1.62 bits per heavy atom. The Bertz CT molecular complexity index is 207. The highest BCUT2D eigenvalue weighted by Gasteiger charge is 2.14. The molecule has 0 radical (unpaired) electrons. The van der Waals surface area contributed by atoms with Gasteiger partial charge in [-0.05, 0) is 19.8 Å². The van der Waals surface area contributed by atoms with E-state index in [2.05, 4.69) is 13.8 Å². The lowest BCUT2D eigenvalue weighted by molar-refractivity contribution is -0.131. The highest BCUT2D eigenvalue weighted by molar-refractivity contribution is 7.58. The van der Waals surface area contributed by atoms with Crippen LogP contribution in [0.1, 0.15) is 27.7 Å². The molecule has 0 spiro atoms. The highest BCUT2D eigenvalue weighted by atomic mass is 31.2. The fourth-order valence-corrected chi connectivity index (χ4v) is 2.42. The van der Waals surface area contributed by atoms with Crippen LogP contribution in [0.25, 0.3) is 0 Å². The molecule has 0 amide bonds. The average Bonchev–Trinajstić information content (AvgIpc) is 2.15. The van der Waals surface area contributed by atoms with Crippen LogP contribution in [0.3, 0.4) is 0 Å². The number of hydrogen-bond acceptors (Lipinski definition) is 4. The summed E-state index contributed by atoms with van der Waals surface area (Å²) in [5.41, 5.74) is 0. The third-order valence-electron chi connectivity index (χ3n) is 2.10. The zero-order valence-electron chi connectivity index (χ0n) is 12.0. The number of rotatable bonds is 5. The summed E-state index contributed by atoms with van der Waals surface area (Å²) in [6.07, 6.45) is 0.684. The van der Waals surface area contributed by atoms with Crippen molar-refractivity contribution >= 4 is 7.37 Å². The highest BCUT2D eigenvalue weighted by Crippen LogP contribution is 2.42. The van der Waals surface area contributed by atoms with Gasteiger partial charge in [0, 0.05) is 33.0 Å². The van der Waals surface area contributed by atoms with Crippen LogP contribution in [0.4, 0.5) is 0 Å². The Kier molecular flexibility index (Phi) is 10.6. The molecule has 0 aromatic heterocycles. The smallest absolute Gasteiger partial charge is 0.200 e. The van der Waals surface area contributed by atoms with Gasteiger partial charge in [0.2, 0.25) is 0 Å². The maximum Gasteiger partial charge on any atom is 0.200 e. The van der Waals surface area contributed by atoms with E-state index in [0.717, 1.165) is 0 Å². The average molecular weight is 253 g/mol. The predicted molar refractivity (Wildman–Crippen MR) is 70.2 cm³/mol. The van der Waals surface area contributed by atoms with E-state index in [0.29, 0.717) is 18.1 Å². The topological polar surface area (TPSA) is 38.8 Å². The fraction of sp³-hybridized carbons (Fsp3) is 1.00. The molecule has 100 valence electrons. The van der Waals surface area contributed by atoms with Gasteiger partial charge in [0.15, 0.2) is 7.37 Å². The zero-order valence-corrected chi connectivity index (χ0v) is 12.9. The Morgan fingerprint density at radius 3 is 1.69 bits per heavy atom. The molecule has 0 heterocycles. The third-order valence-corrected chi connectivity index (χ3v) is 4.26. The molecule has 0 aromatic carbocycles. The molecule has 1 unspecified atom stereocenters. The van der Waals surface area contributed by atoms with Crippen LogP contribution in [-0.4, -0.2) is 45.2 Å². The van der Waals surface area contributed by atoms with Gasteiger partial charge in [-0.2, -0.15) is 5.06 Å². The van der Waals surface area contributed by atoms with Gasteiger partial charge in [-0.3, -0.25) is 4.57 Å². The monoisotopic (exact) mass is 253 g/mol. The molecule has 1 atom stereocenters. The largest absolute Gasteiger partial charge is 0.332 e. The molecule has 0 aliphatic rings. The molecule has 0 aliphatic heterocycles. The molecule has 0 rings (SSSR count). The molecule has 0 fully saturated rings. The van der Waals surface area contributed by atoms with Crippen molar-refractivity contribution in [3.8, 4) is 0 Å². The number of nitrogens with zero attached hydrogens (tertiary/aromatic N) is 1. The standard InChI is InChI=1S/C6H15O2P.C5H13NO/c1-6(2)5-9(4,7)8-3;1-5(2)6(3)7-4/h6H,5H2,1-4H3;5H,1-4H3. The van der Waals surface area contributed by atoms with Crippen LogP contribution >= 0.6 is 7.37 Å². The summed E-state index contributed by atoms with van der Waals surface area (Å²) in [6.45, 7) is 9.89. The first-order chi connectivity index (χ1) is 7.16. The van der Waals surface area contributed by atoms with Crippen molar-refractivity contribution in [2.45, 2.75) is 33.7 Å². The predicted octanol–water partition coefficient (Wildman–Crippen LogP) is 3.08. The van der Waals surface area contributed by atoms with Crippen molar-refractivity contribution < 1.29 is 13.9 Å². The molecule has 0 bridgehead atoms. The molecule has 0 saturated carbocycles.